The van der Waals surface area contributed by atoms with Gasteiger partial charge < -0.3 is 14.8 Å². The predicted octanol–water partition coefficient (Wildman–Crippen LogP) is 3.93. The highest BCUT2D eigenvalue weighted by molar-refractivity contribution is 6.36. The monoisotopic (exact) mass is 353 g/mol. The van der Waals surface area contributed by atoms with Crippen LogP contribution in [0.2, 0.25) is 0 Å². The molecule has 0 fully saturated rings. The van der Waals surface area contributed by atoms with Gasteiger partial charge in [0, 0.05) is 36.6 Å². The first-order valence-corrected chi connectivity index (χ1v) is 8.31. The van der Waals surface area contributed by atoms with Gasteiger partial charge in [-0.2, -0.15) is 0 Å². The third-order valence-electron chi connectivity index (χ3n) is 3.83. The van der Waals surface area contributed by atoms with Gasteiger partial charge in [0.25, 0.3) is 5.91 Å². The van der Waals surface area contributed by atoms with E-state index in [2.05, 4.69) is 10.1 Å². The summed E-state index contributed by atoms with van der Waals surface area (Å²) in [5, 5.41) is 2.82. The Morgan fingerprint density at radius 3 is 2.38 bits per heavy atom. The van der Waals surface area contributed by atoms with Crippen molar-refractivity contribution in [1.82, 2.24) is 0 Å². The average Bonchev–Trinajstić information content (AvgIpc) is 2.95. The van der Waals surface area contributed by atoms with E-state index < -0.39 is 0 Å². The van der Waals surface area contributed by atoms with Crippen molar-refractivity contribution in [2.45, 2.75) is 13.8 Å². The number of methoxy groups -OCH3 is 1. The van der Waals surface area contributed by atoms with Crippen LogP contribution in [-0.4, -0.2) is 33.0 Å². The Hall–Kier alpha value is -2.92. The Morgan fingerprint density at radius 2 is 1.81 bits per heavy atom. The number of ether oxygens (including phenoxy) is 2. The first kappa shape index (κ1) is 19.4. The molecule has 0 saturated carbocycles. The lowest BCUT2D eigenvalue weighted by atomic mass is 9.98. The van der Waals surface area contributed by atoms with E-state index in [0.717, 1.165) is 23.0 Å². The van der Waals surface area contributed by atoms with Gasteiger partial charge >= 0.3 is 0 Å². The topological polar surface area (TPSA) is 64.6 Å². The molecule has 0 unspecified atom stereocenters. The molecule has 0 atom stereocenters. The minimum atomic E-state index is -0.213. The molecule has 5 heteroatoms. The zero-order valence-corrected chi connectivity index (χ0v) is 15.5. The Balaban J connectivity index is 0.000000758. The van der Waals surface area contributed by atoms with E-state index in [1.165, 1.54) is 0 Å². The maximum atomic E-state index is 12.5. The summed E-state index contributed by atoms with van der Waals surface area (Å²) < 4.78 is 10.0. The number of carbonyl (C=O) groups excluding carboxylic acids is 2. The molecule has 1 aliphatic heterocycles. The van der Waals surface area contributed by atoms with Crippen molar-refractivity contribution in [3.05, 3.63) is 64.7 Å². The van der Waals surface area contributed by atoms with Gasteiger partial charge in [-0.1, -0.05) is 30.3 Å². The summed E-state index contributed by atoms with van der Waals surface area (Å²) in [4.78, 5) is 23.6. The summed E-state index contributed by atoms with van der Waals surface area (Å²) in [5.74, 6) is 0.345. The summed E-state index contributed by atoms with van der Waals surface area (Å²) >= 11 is 0. The second-order valence-corrected chi connectivity index (χ2v) is 5.74. The summed E-state index contributed by atoms with van der Waals surface area (Å²) in [6.45, 7) is 4.20. The van der Waals surface area contributed by atoms with Crippen LogP contribution in [0.5, 0.6) is 0 Å². The van der Waals surface area contributed by atoms with E-state index in [-0.39, 0.29) is 5.91 Å². The number of anilines is 1. The second-order valence-electron chi connectivity index (χ2n) is 5.74. The first-order chi connectivity index (χ1) is 12.6. The van der Waals surface area contributed by atoms with Gasteiger partial charge in [0.1, 0.15) is 12.0 Å². The number of benzene rings is 2. The van der Waals surface area contributed by atoms with E-state index >= 15 is 0 Å². The Kier molecular flexibility index (Phi) is 6.69. The van der Waals surface area contributed by atoms with Crippen LogP contribution in [0.3, 0.4) is 0 Å². The highest BCUT2D eigenvalue weighted by atomic mass is 16.5. The van der Waals surface area contributed by atoms with E-state index in [0.29, 0.717) is 29.2 Å². The molecule has 0 aliphatic carbocycles. The molecule has 1 N–H and O–H groups in total. The molecule has 3 rings (SSSR count). The second kappa shape index (κ2) is 8.97. The van der Waals surface area contributed by atoms with Crippen LogP contribution in [-0.2, 0) is 14.3 Å². The number of nitrogens with one attached hydrogen (secondary N) is 1. The van der Waals surface area contributed by atoms with Gasteiger partial charge in [-0.25, -0.2) is 0 Å². The van der Waals surface area contributed by atoms with Gasteiger partial charge in [-0.05, 0) is 31.5 Å². The van der Waals surface area contributed by atoms with Crippen molar-refractivity contribution >= 4 is 29.2 Å². The molecular weight excluding hydrogens is 330 g/mol. The normalized spacial score (nSPS) is 13.9. The van der Waals surface area contributed by atoms with Crippen LogP contribution in [0.1, 0.15) is 34.0 Å². The molecule has 2 aromatic carbocycles. The molecule has 0 radical (unpaired) electrons. The molecule has 0 saturated heterocycles. The van der Waals surface area contributed by atoms with E-state index in [1.807, 2.05) is 50.2 Å². The molecule has 0 spiro atoms. The third kappa shape index (κ3) is 4.00. The Bertz CT molecular complexity index is 825. The van der Waals surface area contributed by atoms with Crippen LogP contribution >= 0.6 is 0 Å². The van der Waals surface area contributed by atoms with Crippen molar-refractivity contribution in [3.63, 3.8) is 0 Å². The van der Waals surface area contributed by atoms with Gasteiger partial charge in [-0.15, -0.1) is 0 Å². The quantitative estimate of drug-likeness (QED) is 0.514. The van der Waals surface area contributed by atoms with Crippen LogP contribution in [0.4, 0.5) is 5.69 Å². The smallest absolute Gasteiger partial charge is 0.260 e. The zero-order valence-electron chi connectivity index (χ0n) is 15.5. The average molecular weight is 353 g/mol. The fraction of sp³-hybridized carbons (Fsp3) is 0.238. The van der Waals surface area contributed by atoms with Gasteiger partial charge in [-0.3, -0.25) is 9.59 Å². The molecule has 136 valence electrons. The minimum absolute atomic E-state index is 0.213. The molecule has 1 heterocycles. The first-order valence-electron chi connectivity index (χ1n) is 8.31. The molecule has 1 amide bonds. The molecular formula is C21H23NO4. The lowest BCUT2D eigenvalue weighted by molar-refractivity contribution is -0.110. The van der Waals surface area contributed by atoms with Crippen LogP contribution in [0, 0.1) is 6.92 Å². The zero-order chi connectivity index (χ0) is 19.1. The lowest BCUT2D eigenvalue weighted by Gasteiger charge is -2.12. The SMILES string of the molecule is CCO/C(=C1/C(=O)Nc2cc(C=O)c(C)cc21)c1ccccc1.COC. The molecule has 0 aromatic heterocycles. The Morgan fingerprint density at radius 1 is 1.15 bits per heavy atom. The van der Waals surface area contributed by atoms with Gasteiger partial charge in [0.2, 0.25) is 0 Å². The van der Waals surface area contributed by atoms with Crippen molar-refractivity contribution < 1.29 is 19.1 Å². The number of amides is 1. The fourth-order valence-electron chi connectivity index (χ4n) is 2.73. The van der Waals surface area contributed by atoms with Crippen LogP contribution in [0.15, 0.2) is 42.5 Å². The molecule has 1 aliphatic rings. The maximum absolute atomic E-state index is 12.5. The standard InChI is InChI=1S/C19H17NO3.C2H6O/c1-3-23-18(13-7-5-4-6-8-13)17-15-9-12(2)14(11-21)10-16(15)20-19(17)22;1-3-2/h4-11H,3H2,1-2H3,(H,20,22);1-2H3/b18-17+;. The number of carbonyl (C=O) groups is 2. The van der Waals surface area contributed by atoms with Crippen LogP contribution < -0.4 is 5.32 Å². The van der Waals surface area contributed by atoms with Crippen molar-refractivity contribution in [2.24, 2.45) is 0 Å². The van der Waals surface area contributed by atoms with Gasteiger partial charge in [0.15, 0.2) is 0 Å². The molecule has 0 bridgehead atoms. The minimum Gasteiger partial charge on any atom is -0.492 e. The van der Waals surface area contributed by atoms with E-state index in [1.54, 1.807) is 20.3 Å². The summed E-state index contributed by atoms with van der Waals surface area (Å²) in [6, 6.07) is 13.1. The molecule has 26 heavy (non-hydrogen) atoms. The number of aldehydes is 1. The largest absolute Gasteiger partial charge is 0.492 e. The highest BCUT2D eigenvalue weighted by Gasteiger charge is 2.30. The fourth-order valence-corrected chi connectivity index (χ4v) is 2.73. The Labute approximate surface area is 153 Å². The van der Waals surface area contributed by atoms with Crippen LogP contribution in [0.25, 0.3) is 11.3 Å². The number of hydrogen-bond donors (Lipinski definition) is 1. The number of aryl methyl sites for hydroxylation is 1. The summed E-state index contributed by atoms with van der Waals surface area (Å²) in [5.41, 5.74) is 4.17. The number of hydrogen-bond acceptors (Lipinski definition) is 4. The maximum Gasteiger partial charge on any atom is 0.260 e. The third-order valence-corrected chi connectivity index (χ3v) is 3.83. The summed E-state index contributed by atoms with van der Waals surface area (Å²) in [7, 11) is 3.25. The van der Waals surface area contributed by atoms with E-state index in [9.17, 15) is 9.59 Å². The van der Waals surface area contributed by atoms with Crippen molar-refractivity contribution in [3.8, 4) is 0 Å². The predicted molar refractivity (Wildman–Crippen MR) is 103 cm³/mol. The van der Waals surface area contributed by atoms with Crippen molar-refractivity contribution in [2.75, 3.05) is 26.1 Å². The van der Waals surface area contributed by atoms with Crippen molar-refractivity contribution in [1.29, 1.82) is 0 Å². The number of fused-ring (bicyclic) bond motifs is 1. The van der Waals surface area contributed by atoms with E-state index in [4.69, 9.17) is 4.74 Å². The highest BCUT2D eigenvalue weighted by Crippen LogP contribution is 2.38. The number of rotatable bonds is 4. The molecule has 2 aromatic rings. The molecule has 5 nitrogen and oxygen atoms in total. The summed E-state index contributed by atoms with van der Waals surface area (Å²) in [6.07, 6.45) is 0.796. The van der Waals surface area contributed by atoms with Gasteiger partial charge in [0.05, 0.1) is 12.2 Å². The lowest BCUT2D eigenvalue weighted by Crippen LogP contribution is -2.07.